The van der Waals surface area contributed by atoms with Crippen LogP contribution < -0.4 is 0 Å². The molecular formula is C24H48O2. The molecule has 0 N–H and O–H groups in total. The SMILES string of the molecule is CCCCCCCCCCC=CCCCCCCCCCC(OC)OC. The number of hydrogen-bond acceptors (Lipinski definition) is 2. The molecule has 156 valence electrons. The van der Waals surface area contributed by atoms with Gasteiger partial charge < -0.3 is 9.47 Å². The quantitative estimate of drug-likeness (QED) is 0.115. The van der Waals surface area contributed by atoms with E-state index in [2.05, 4.69) is 19.1 Å². The van der Waals surface area contributed by atoms with Gasteiger partial charge in [0.05, 0.1) is 0 Å². The van der Waals surface area contributed by atoms with Gasteiger partial charge in [-0.15, -0.1) is 0 Å². The molecular weight excluding hydrogens is 320 g/mol. The largest absolute Gasteiger partial charge is 0.356 e. The van der Waals surface area contributed by atoms with Gasteiger partial charge in [-0.25, -0.2) is 0 Å². The maximum Gasteiger partial charge on any atom is 0.156 e. The first-order valence-corrected chi connectivity index (χ1v) is 11.6. The predicted octanol–water partition coefficient (Wildman–Crippen LogP) is 8.20. The third-order valence-electron chi connectivity index (χ3n) is 5.23. The van der Waals surface area contributed by atoms with Gasteiger partial charge in [-0.2, -0.15) is 0 Å². The van der Waals surface area contributed by atoms with E-state index in [1.165, 1.54) is 109 Å². The zero-order chi connectivity index (χ0) is 19.1. The Kier molecular flexibility index (Phi) is 22.4. The van der Waals surface area contributed by atoms with E-state index in [4.69, 9.17) is 9.47 Å². The Morgan fingerprint density at radius 1 is 0.538 bits per heavy atom. The zero-order valence-corrected chi connectivity index (χ0v) is 18.3. The maximum absolute atomic E-state index is 5.21. The minimum Gasteiger partial charge on any atom is -0.356 e. The summed E-state index contributed by atoms with van der Waals surface area (Å²) in [7, 11) is 3.44. The molecule has 0 aliphatic rings. The fourth-order valence-corrected chi connectivity index (χ4v) is 3.42. The standard InChI is InChI=1S/C24H48O2/c1-4-5-6-7-8-9-10-11-12-13-14-15-16-17-18-19-20-21-22-23-24(25-2)26-3/h13-14,24H,4-12,15-23H2,1-3H3. The first kappa shape index (κ1) is 25.7. The summed E-state index contributed by atoms with van der Waals surface area (Å²) in [5.41, 5.74) is 0. The van der Waals surface area contributed by atoms with E-state index >= 15 is 0 Å². The molecule has 0 aliphatic heterocycles. The molecule has 0 atom stereocenters. The van der Waals surface area contributed by atoms with Crippen molar-refractivity contribution >= 4 is 0 Å². The maximum atomic E-state index is 5.21. The fourth-order valence-electron chi connectivity index (χ4n) is 3.42. The van der Waals surface area contributed by atoms with Gasteiger partial charge in [0.25, 0.3) is 0 Å². The van der Waals surface area contributed by atoms with Crippen molar-refractivity contribution in [3.8, 4) is 0 Å². The molecule has 0 saturated carbocycles. The van der Waals surface area contributed by atoms with Crippen LogP contribution in [0.5, 0.6) is 0 Å². The summed E-state index contributed by atoms with van der Waals surface area (Å²) in [5.74, 6) is 0. The van der Waals surface area contributed by atoms with E-state index in [1.807, 2.05) is 0 Å². The second-order valence-electron chi connectivity index (χ2n) is 7.69. The van der Waals surface area contributed by atoms with Crippen LogP contribution in [0.3, 0.4) is 0 Å². The van der Waals surface area contributed by atoms with Crippen LogP contribution >= 0.6 is 0 Å². The van der Waals surface area contributed by atoms with Crippen molar-refractivity contribution < 1.29 is 9.47 Å². The summed E-state index contributed by atoms with van der Waals surface area (Å²) in [4.78, 5) is 0. The van der Waals surface area contributed by atoms with Gasteiger partial charge in [0.2, 0.25) is 0 Å². The van der Waals surface area contributed by atoms with Crippen molar-refractivity contribution in [1.82, 2.24) is 0 Å². The second kappa shape index (κ2) is 22.7. The van der Waals surface area contributed by atoms with Crippen LogP contribution in [0.15, 0.2) is 12.2 Å². The third kappa shape index (κ3) is 20.0. The van der Waals surface area contributed by atoms with Crippen LogP contribution in [0.25, 0.3) is 0 Å². The number of methoxy groups -OCH3 is 2. The molecule has 0 amide bonds. The van der Waals surface area contributed by atoms with E-state index in [9.17, 15) is 0 Å². The van der Waals surface area contributed by atoms with Crippen molar-refractivity contribution in [1.29, 1.82) is 0 Å². The highest BCUT2D eigenvalue weighted by atomic mass is 16.7. The average Bonchev–Trinajstić information content (AvgIpc) is 2.66. The van der Waals surface area contributed by atoms with E-state index < -0.39 is 0 Å². The summed E-state index contributed by atoms with van der Waals surface area (Å²) in [6.45, 7) is 2.29. The number of rotatable bonds is 21. The molecule has 0 saturated heterocycles. The average molecular weight is 369 g/mol. The van der Waals surface area contributed by atoms with Crippen molar-refractivity contribution in [3.05, 3.63) is 12.2 Å². The summed E-state index contributed by atoms with van der Waals surface area (Å²) < 4.78 is 10.4. The molecule has 2 heteroatoms. The minimum absolute atomic E-state index is 0.00687. The molecule has 0 rings (SSSR count). The molecule has 0 unspecified atom stereocenters. The molecule has 0 fully saturated rings. The van der Waals surface area contributed by atoms with Crippen molar-refractivity contribution in [2.45, 2.75) is 129 Å². The third-order valence-corrected chi connectivity index (χ3v) is 5.23. The molecule has 26 heavy (non-hydrogen) atoms. The molecule has 0 bridgehead atoms. The number of unbranched alkanes of at least 4 members (excludes halogenated alkanes) is 15. The molecule has 0 aromatic rings. The lowest BCUT2D eigenvalue weighted by Crippen LogP contribution is -2.12. The normalized spacial score (nSPS) is 11.8. The number of hydrogen-bond donors (Lipinski definition) is 0. The van der Waals surface area contributed by atoms with E-state index in [-0.39, 0.29) is 6.29 Å². The second-order valence-corrected chi connectivity index (χ2v) is 7.69. The van der Waals surface area contributed by atoms with Crippen LogP contribution in [-0.2, 0) is 9.47 Å². The van der Waals surface area contributed by atoms with Gasteiger partial charge in [-0.3, -0.25) is 0 Å². The van der Waals surface area contributed by atoms with E-state index in [0.717, 1.165) is 6.42 Å². The Hall–Kier alpha value is -0.340. The molecule has 0 aromatic heterocycles. The number of ether oxygens (including phenoxy) is 2. The highest BCUT2D eigenvalue weighted by Gasteiger charge is 2.03. The van der Waals surface area contributed by atoms with Gasteiger partial charge in [-0.05, 0) is 38.5 Å². The first-order chi connectivity index (χ1) is 12.8. The van der Waals surface area contributed by atoms with Gasteiger partial charge in [-0.1, -0.05) is 96.1 Å². The number of allylic oxidation sites excluding steroid dienone is 2. The Labute approximate surface area is 165 Å². The Bertz CT molecular complexity index is 271. The Balaban J connectivity index is 3.13. The topological polar surface area (TPSA) is 18.5 Å². The molecule has 0 radical (unpaired) electrons. The Morgan fingerprint density at radius 3 is 1.35 bits per heavy atom. The smallest absolute Gasteiger partial charge is 0.156 e. The monoisotopic (exact) mass is 368 g/mol. The molecule has 0 spiro atoms. The van der Waals surface area contributed by atoms with Crippen LogP contribution in [-0.4, -0.2) is 20.5 Å². The lowest BCUT2D eigenvalue weighted by Gasteiger charge is -2.12. The van der Waals surface area contributed by atoms with Gasteiger partial charge in [0.15, 0.2) is 6.29 Å². The lowest BCUT2D eigenvalue weighted by molar-refractivity contribution is -0.107. The van der Waals surface area contributed by atoms with Crippen LogP contribution in [0.1, 0.15) is 122 Å². The summed E-state index contributed by atoms with van der Waals surface area (Å²) >= 11 is 0. The molecule has 0 heterocycles. The highest BCUT2D eigenvalue weighted by molar-refractivity contribution is 4.81. The first-order valence-electron chi connectivity index (χ1n) is 11.6. The van der Waals surface area contributed by atoms with Crippen LogP contribution in [0.2, 0.25) is 0 Å². The summed E-state index contributed by atoms with van der Waals surface area (Å²) in [6, 6.07) is 0. The Morgan fingerprint density at radius 2 is 0.923 bits per heavy atom. The van der Waals surface area contributed by atoms with Crippen molar-refractivity contribution in [3.63, 3.8) is 0 Å². The van der Waals surface area contributed by atoms with E-state index in [0.29, 0.717) is 0 Å². The minimum atomic E-state index is -0.00687. The highest BCUT2D eigenvalue weighted by Crippen LogP contribution is 2.13. The zero-order valence-electron chi connectivity index (χ0n) is 18.3. The van der Waals surface area contributed by atoms with Gasteiger partial charge >= 0.3 is 0 Å². The van der Waals surface area contributed by atoms with Crippen LogP contribution in [0, 0.1) is 0 Å². The lowest BCUT2D eigenvalue weighted by atomic mass is 10.1. The summed E-state index contributed by atoms with van der Waals surface area (Å²) in [5, 5.41) is 0. The molecule has 0 aromatic carbocycles. The fraction of sp³-hybridized carbons (Fsp3) is 0.917. The van der Waals surface area contributed by atoms with Gasteiger partial charge in [0.1, 0.15) is 0 Å². The summed E-state index contributed by atoms with van der Waals surface area (Å²) in [6.07, 6.45) is 29.2. The van der Waals surface area contributed by atoms with Gasteiger partial charge in [0, 0.05) is 14.2 Å². The van der Waals surface area contributed by atoms with Crippen molar-refractivity contribution in [2.24, 2.45) is 0 Å². The van der Waals surface area contributed by atoms with E-state index in [1.54, 1.807) is 14.2 Å². The molecule has 0 aliphatic carbocycles. The molecule has 2 nitrogen and oxygen atoms in total. The van der Waals surface area contributed by atoms with Crippen molar-refractivity contribution in [2.75, 3.05) is 14.2 Å². The van der Waals surface area contributed by atoms with Crippen LogP contribution in [0.4, 0.5) is 0 Å². The predicted molar refractivity (Wildman–Crippen MR) is 116 cm³/mol.